The Morgan fingerprint density at radius 1 is 1.00 bits per heavy atom. The van der Waals surface area contributed by atoms with Crippen molar-refractivity contribution in [3.8, 4) is 0 Å². The predicted octanol–water partition coefficient (Wildman–Crippen LogP) is 6.01. The van der Waals surface area contributed by atoms with Crippen molar-refractivity contribution >= 4 is 110 Å². The van der Waals surface area contributed by atoms with E-state index in [4.69, 9.17) is 70.2 Å². The summed E-state index contributed by atoms with van der Waals surface area (Å²) < 4.78 is -0.866. The van der Waals surface area contributed by atoms with Gasteiger partial charge in [-0.05, 0) is 77.3 Å². The quantitative estimate of drug-likeness (QED) is 0.175. The lowest BCUT2D eigenvalue weighted by Crippen LogP contribution is -2.56. The molecule has 0 fully saturated rings. The van der Waals surface area contributed by atoms with Gasteiger partial charge < -0.3 is 16.0 Å². The first kappa shape index (κ1) is 23.1. The molecule has 0 heterocycles. The molecule has 3 N–H and O–H groups in total. The number of carbonyl (C=O) groups excluding carboxylic acids is 1. The van der Waals surface area contributed by atoms with E-state index in [0.717, 1.165) is 3.57 Å². The van der Waals surface area contributed by atoms with Crippen LogP contribution >= 0.6 is 92.8 Å². The van der Waals surface area contributed by atoms with Gasteiger partial charge in [0, 0.05) is 14.8 Å². The molecule has 27 heavy (non-hydrogen) atoms. The second-order valence-electron chi connectivity index (χ2n) is 5.18. The summed E-state index contributed by atoms with van der Waals surface area (Å²) in [5.74, 6) is -0.424. The van der Waals surface area contributed by atoms with Crippen LogP contribution < -0.4 is 16.0 Å². The van der Waals surface area contributed by atoms with Crippen LogP contribution in [0.15, 0.2) is 42.5 Å². The van der Waals surface area contributed by atoms with E-state index in [-0.39, 0.29) is 5.11 Å². The zero-order chi connectivity index (χ0) is 20.2. The topological polar surface area (TPSA) is 53.2 Å². The lowest BCUT2D eigenvalue weighted by molar-refractivity contribution is 0.0934. The minimum atomic E-state index is -1.86. The largest absolute Gasteiger partial charge is 0.339 e. The highest BCUT2D eigenvalue weighted by molar-refractivity contribution is 14.1. The number of hydrogen-bond acceptors (Lipinski definition) is 2. The molecule has 11 heteroatoms. The third-order valence-electron chi connectivity index (χ3n) is 3.16. The van der Waals surface area contributed by atoms with Crippen LogP contribution in [0, 0.1) is 3.57 Å². The highest BCUT2D eigenvalue weighted by atomic mass is 127. The Kier molecular flexibility index (Phi) is 8.54. The maximum Gasteiger partial charge on any atom is 0.252 e. The minimum Gasteiger partial charge on any atom is -0.339 e. The zero-order valence-corrected chi connectivity index (χ0v) is 20.0. The number of rotatable bonds is 4. The Morgan fingerprint density at radius 3 is 2.19 bits per heavy atom. The minimum absolute atomic E-state index is 0.118. The van der Waals surface area contributed by atoms with Crippen molar-refractivity contribution in [3.63, 3.8) is 0 Å². The lowest BCUT2D eigenvalue weighted by Gasteiger charge is -2.27. The summed E-state index contributed by atoms with van der Waals surface area (Å²) in [6.07, 6.45) is -1.09. The van der Waals surface area contributed by atoms with E-state index < -0.39 is 15.9 Å². The van der Waals surface area contributed by atoms with E-state index >= 15 is 0 Å². The van der Waals surface area contributed by atoms with Crippen LogP contribution in [-0.2, 0) is 0 Å². The highest BCUT2D eigenvalue weighted by Gasteiger charge is 2.34. The Morgan fingerprint density at radius 2 is 1.63 bits per heavy atom. The van der Waals surface area contributed by atoms with Crippen LogP contribution in [0.25, 0.3) is 0 Å². The summed E-state index contributed by atoms with van der Waals surface area (Å²) in [5.41, 5.74) is 0.994. The second-order valence-corrected chi connectivity index (χ2v) is 10.0. The molecule has 2 rings (SSSR count). The molecule has 2 aromatic carbocycles. The fourth-order valence-electron chi connectivity index (χ4n) is 1.89. The maximum atomic E-state index is 12.4. The molecule has 0 aliphatic heterocycles. The summed E-state index contributed by atoms with van der Waals surface area (Å²) in [6.45, 7) is 0. The Hall–Kier alpha value is -0.220. The van der Waals surface area contributed by atoms with E-state index in [2.05, 4.69) is 38.5 Å². The number of benzene rings is 2. The molecule has 0 aliphatic carbocycles. The summed E-state index contributed by atoms with van der Waals surface area (Å²) >= 11 is 37.1. The van der Waals surface area contributed by atoms with Gasteiger partial charge in [0.1, 0.15) is 6.17 Å². The van der Waals surface area contributed by atoms with Crippen LogP contribution in [0.3, 0.4) is 0 Å². The van der Waals surface area contributed by atoms with Gasteiger partial charge >= 0.3 is 0 Å². The first-order chi connectivity index (χ1) is 12.6. The summed E-state index contributed by atoms with van der Waals surface area (Å²) in [7, 11) is 0. The Labute approximate surface area is 200 Å². The van der Waals surface area contributed by atoms with E-state index in [1.807, 2.05) is 0 Å². The zero-order valence-electron chi connectivity index (χ0n) is 13.2. The van der Waals surface area contributed by atoms with Crippen molar-refractivity contribution in [1.82, 2.24) is 10.6 Å². The van der Waals surface area contributed by atoms with Crippen LogP contribution in [0.5, 0.6) is 0 Å². The van der Waals surface area contributed by atoms with Gasteiger partial charge in [-0.25, -0.2) is 0 Å². The highest BCUT2D eigenvalue weighted by Crippen LogP contribution is 2.30. The molecule has 0 saturated heterocycles. The Bertz CT molecular complexity index is 845. The third kappa shape index (κ3) is 7.27. The molecule has 2 aromatic rings. The molecule has 144 valence electrons. The third-order valence-corrected chi connectivity index (χ3v) is 5.49. The number of alkyl halides is 3. The second kappa shape index (κ2) is 10.0. The van der Waals surface area contributed by atoms with Gasteiger partial charge in [-0.15, -0.1) is 0 Å². The van der Waals surface area contributed by atoms with Crippen molar-refractivity contribution < 1.29 is 4.79 Å². The smallest absolute Gasteiger partial charge is 0.252 e. The van der Waals surface area contributed by atoms with Crippen LogP contribution in [0.1, 0.15) is 10.4 Å². The Balaban J connectivity index is 2.07. The number of halogens is 6. The van der Waals surface area contributed by atoms with Gasteiger partial charge in [0.15, 0.2) is 5.11 Å². The van der Waals surface area contributed by atoms with Gasteiger partial charge in [-0.3, -0.25) is 4.79 Å². The number of amides is 1. The molecule has 0 aromatic heterocycles. The molecule has 1 atom stereocenters. The van der Waals surface area contributed by atoms with Crippen LogP contribution in [0.4, 0.5) is 5.69 Å². The first-order valence-corrected chi connectivity index (χ1v) is 10.6. The molecular weight excluding hydrogens is 586 g/mol. The normalized spacial score (nSPS) is 12.2. The summed E-state index contributed by atoms with van der Waals surface area (Å²) in [4.78, 5) is 12.4. The van der Waals surface area contributed by atoms with Crippen molar-refractivity contribution in [2.45, 2.75) is 9.96 Å². The van der Waals surface area contributed by atoms with Crippen LogP contribution in [-0.4, -0.2) is 21.0 Å². The summed E-state index contributed by atoms with van der Waals surface area (Å²) in [6, 6.07) is 11.8. The molecule has 1 amide bonds. The van der Waals surface area contributed by atoms with Gasteiger partial charge in [0.25, 0.3) is 5.91 Å². The molecule has 4 nitrogen and oxygen atoms in total. The monoisotopic (exact) mass is 595 g/mol. The van der Waals surface area contributed by atoms with Crippen molar-refractivity contribution in [2.24, 2.45) is 0 Å². The molecule has 1 unspecified atom stereocenters. The number of nitrogens with one attached hydrogen (secondary N) is 3. The number of thiocarbonyl (C=S) groups is 1. The molecule has 0 bridgehead atoms. The van der Waals surface area contributed by atoms with Crippen molar-refractivity contribution in [1.29, 1.82) is 0 Å². The fourth-order valence-corrected chi connectivity index (χ4v) is 3.11. The van der Waals surface area contributed by atoms with Gasteiger partial charge in [0.2, 0.25) is 3.79 Å². The molecule has 0 radical (unpaired) electrons. The number of hydrogen-bond donors (Lipinski definition) is 3. The summed E-state index contributed by atoms with van der Waals surface area (Å²) in [5, 5.41) is 9.14. The average molecular weight is 598 g/mol. The average Bonchev–Trinajstić information content (AvgIpc) is 2.57. The predicted molar refractivity (Wildman–Crippen MR) is 127 cm³/mol. The van der Waals surface area contributed by atoms with E-state index in [9.17, 15) is 4.79 Å². The molecule has 0 saturated carbocycles. The molecule has 0 spiro atoms. The number of anilines is 1. The number of carbonyl (C=O) groups is 1. The maximum absolute atomic E-state index is 12.4. The van der Waals surface area contributed by atoms with Gasteiger partial charge in [-0.1, -0.05) is 58.0 Å². The van der Waals surface area contributed by atoms with Crippen molar-refractivity contribution in [2.75, 3.05) is 5.32 Å². The lowest BCUT2D eigenvalue weighted by atomic mass is 10.2. The molecular formula is C16H11Cl5IN3OS. The van der Waals surface area contributed by atoms with Crippen molar-refractivity contribution in [3.05, 3.63) is 61.6 Å². The van der Waals surface area contributed by atoms with Crippen LogP contribution in [0.2, 0.25) is 10.0 Å². The first-order valence-electron chi connectivity index (χ1n) is 7.22. The van der Waals surface area contributed by atoms with Gasteiger partial charge in [0.05, 0.1) is 10.0 Å². The molecule has 0 aliphatic rings. The SMILES string of the molecule is O=C(NC(NC(=S)Nc1ccc(Cl)c(Cl)c1)C(Cl)(Cl)Cl)c1ccc(I)cc1. The van der Waals surface area contributed by atoms with E-state index in [1.165, 1.54) is 0 Å². The standard InChI is InChI=1S/C16H11Cl5IN3OS/c17-11-6-5-10(7-12(11)18)23-15(27)25-14(16(19,20)21)24-13(26)8-1-3-9(22)4-2-8/h1-7,14H,(H,24,26)(H2,23,25,27). The van der Waals surface area contributed by atoms with E-state index in [1.54, 1.807) is 42.5 Å². The van der Waals surface area contributed by atoms with Gasteiger partial charge in [-0.2, -0.15) is 0 Å². The fraction of sp³-hybridized carbons (Fsp3) is 0.125. The van der Waals surface area contributed by atoms with E-state index in [0.29, 0.717) is 21.3 Å².